The number of methoxy groups -OCH3 is 1. The van der Waals surface area contributed by atoms with E-state index >= 15 is 0 Å². The van der Waals surface area contributed by atoms with E-state index in [1.165, 1.54) is 17.1 Å². The third-order valence-corrected chi connectivity index (χ3v) is 5.13. The van der Waals surface area contributed by atoms with Crippen molar-refractivity contribution in [2.24, 2.45) is 0 Å². The van der Waals surface area contributed by atoms with E-state index in [9.17, 15) is 4.79 Å². The predicted molar refractivity (Wildman–Crippen MR) is 118 cm³/mol. The molecule has 0 N–H and O–H groups in total. The number of hydrogen-bond donors (Lipinski definition) is 0. The summed E-state index contributed by atoms with van der Waals surface area (Å²) in [6.07, 6.45) is 3.01. The smallest absolute Gasteiger partial charge is 0.264 e. The molecule has 0 radical (unpaired) electrons. The Bertz CT molecular complexity index is 1480. The molecule has 160 valence electrons. The van der Waals surface area contributed by atoms with Gasteiger partial charge in [-0.2, -0.15) is 10.1 Å². The molecule has 0 aliphatic rings. The largest absolute Gasteiger partial charge is 0.496 e. The molecule has 2 aromatic carbocycles. The van der Waals surface area contributed by atoms with Crippen molar-refractivity contribution in [2.75, 3.05) is 7.11 Å². The third kappa shape index (κ3) is 3.43. The van der Waals surface area contributed by atoms with Gasteiger partial charge < -0.3 is 9.26 Å². The highest BCUT2D eigenvalue weighted by atomic mass is 16.5. The molecule has 0 aliphatic heterocycles. The number of hydrogen-bond acceptors (Lipinski definition) is 7. The summed E-state index contributed by atoms with van der Waals surface area (Å²) >= 11 is 0. The standard InChI is InChI=1S/C23H20N6O3/c1-14-8-15(2)10-16(9-14)29-22-18(11-25-29)23(30)28(13-24-22)12-20-26-21(27-32-20)17-6-4-5-7-19(17)31-3/h4-11,13H,12H2,1-3H3. The number of aryl methyl sites for hydroxylation is 2. The quantitative estimate of drug-likeness (QED) is 0.423. The zero-order valence-electron chi connectivity index (χ0n) is 17.8. The summed E-state index contributed by atoms with van der Waals surface area (Å²) in [4.78, 5) is 21.9. The molecule has 0 unspecified atom stereocenters. The topological polar surface area (TPSA) is 101 Å². The van der Waals surface area contributed by atoms with E-state index < -0.39 is 0 Å². The van der Waals surface area contributed by atoms with Crippen molar-refractivity contribution in [3.63, 3.8) is 0 Å². The van der Waals surface area contributed by atoms with E-state index in [1.807, 2.05) is 50.2 Å². The molecule has 0 aliphatic carbocycles. The fraction of sp³-hybridized carbons (Fsp3) is 0.174. The van der Waals surface area contributed by atoms with Crippen molar-refractivity contribution in [3.05, 3.63) is 82.4 Å². The number of aromatic nitrogens is 6. The van der Waals surface area contributed by atoms with Crippen LogP contribution >= 0.6 is 0 Å². The van der Waals surface area contributed by atoms with Gasteiger partial charge in [0.25, 0.3) is 5.56 Å². The minimum atomic E-state index is -0.234. The van der Waals surface area contributed by atoms with Crippen LogP contribution in [0.3, 0.4) is 0 Å². The lowest BCUT2D eigenvalue weighted by molar-refractivity contribution is 0.369. The second kappa shape index (κ2) is 7.77. The highest BCUT2D eigenvalue weighted by Gasteiger charge is 2.16. The Morgan fingerprint density at radius 3 is 2.66 bits per heavy atom. The highest BCUT2D eigenvalue weighted by Crippen LogP contribution is 2.27. The summed E-state index contributed by atoms with van der Waals surface area (Å²) < 4.78 is 13.8. The van der Waals surface area contributed by atoms with Crippen molar-refractivity contribution in [3.8, 4) is 22.8 Å². The van der Waals surface area contributed by atoms with Crippen LogP contribution in [0.1, 0.15) is 17.0 Å². The molecule has 9 nitrogen and oxygen atoms in total. The predicted octanol–water partition coefficient (Wildman–Crippen LogP) is 3.31. The molecule has 0 bridgehead atoms. The zero-order valence-corrected chi connectivity index (χ0v) is 17.8. The second-order valence-electron chi connectivity index (χ2n) is 7.53. The molecule has 0 saturated carbocycles. The van der Waals surface area contributed by atoms with Crippen LogP contribution in [-0.4, -0.2) is 36.6 Å². The number of ether oxygens (including phenoxy) is 1. The van der Waals surface area contributed by atoms with Gasteiger partial charge in [-0.1, -0.05) is 23.4 Å². The SMILES string of the molecule is COc1ccccc1-c1noc(Cn2cnc3c(cnn3-c3cc(C)cc(C)c3)c2=O)n1. The monoisotopic (exact) mass is 428 g/mol. The molecule has 0 spiro atoms. The van der Waals surface area contributed by atoms with Gasteiger partial charge in [-0.3, -0.25) is 9.36 Å². The Balaban J connectivity index is 1.48. The average molecular weight is 428 g/mol. The molecule has 3 aromatic heterocycles. The molecule has 0 saturated heterocycles. The van der Waals surface area contributed by atoms with Gasteiger partial charge in [0.1, 0.15) is 24.0 Å². The van der Waals surface area contributed by atoms with Crippen molar-refractivity contribution < 1.29 is 9.26 Å². The second-order valence-corrected chi connectivity index (χ2v) is 7.53. The molecule has 9 heteroatoms. The van der Waals surface area contributed by atoms with Gasteiger partial charge in [0.15, 0.2) is 5.65 Å². The molecule has 0 amide bonds. The van der Waals surface area contributed by atoms with Gasteiger partial charge in [-0.05, 0) is 49.2 Å². The number of benzene rings is 2. The van der Waals surface area contributed by atoms with E-state index in [2.05, 4.69) is 26.3 Å². The average Bonchev–Trinajstić information content (AvgIpc) is 3.42. The van der Waals surface area contributed by atoms with Crippen LogP contribution < -0.4 is 10.3 Å². The van der Waals surface area contributed by atoms with Gasteiger partial charge in [-0.25, -0.2) is 9.67 Å². The van der Waals surface area contributed by atoms with Crippen LogP contribution in [0.5, 0.6) is 5.75 Å². The Kier molecular flexibility index (Phi) is 4.78. The van der Waals surface area contributed by atoms with Crippen molar-refractivity contribution in [1.82, 2.24) is 29.5 Å². The number of para-hydroxylation sites is 1. The van der Waals surface area contributed by atoms with Crippen molar-refractivity contribution in [2.45, 2.75) is 20.4 Å². The minimum absolute atomic E-state index is 0.0959. The summed E-state index contributed by atoms with van der Waals surface area (Å²) in [5.41, 5.74) is 4.05. The van der Waals surface area contributed by atoms with Gasteiger partial charge in [-0.15, -0.1) is 0 Å². The van der Waals surface area contributed by atoms with Crippen LogP contribution in [0.2, 0.25) is 0 Å². The van der Waals surface area contributed by atoms with Gasteiger partial charge in [0.2, 0.25) is 11.7 Å². The Morgan fingerprint density at radius 1 is 1.09 bits per heavy atom. The first-order valence-electron chi connectivity index (χ1n) is 10.0. The maximum absolute atomic E-state index is 13.0. The zero-order chi connectivity index (χ0) is 22.2. The van der Waals surface area contributed by atoms with Gasteiger partial charge in [0, 0.05) is 0 Å². The van der Waals surface area contributed by atoms with Crippen LogP contribution in [-0.2, 0) is 6.54 Å². The van der Waals surface area contributed by atoms with Gasteiger partial charge in [0.05, 0.1) is 24.6 Å². The summed E-state index contributed by atoms with van der Waals surface area (Å²) in [5, 5.41) is 8.83. The first kappa shape index (κ1) is 19.7. The lowest BCUT2D eigenvalue weighted by Crippen LogP contribution is -2.21. The molecule has 0 fully saturated rings. The molecule has 5 aromatic rings. The first-order chi connectivity index (χ1) is 15.5. The lowest BCUT2D eigenvalue weighted by atomic mass is 10.1. The number of fused-ring (bicyclic) bond motifs is 1. The van der Waals surface area contributed by atoms with Crippen LogP contribution in [0.15, 0.2) is 64.3 Å². The molecule has 0 atom stereocenters. The van der Waals surface area contributed by atoms with E-state index in [0.29, 0.717) is 28.2 Å². The maximum Gasteiger partial charge on any atom is 0.264 e. The van der Waals surface area contributed by atoms with Crippen LogP contribution in [0.25, 0.3) is 28.1 Å². The van der Waals surface area contributed by atoms with Crippen LogP contribution in [0, 0.1) is 13.8 Å². The Labute approximate surface area is 182 Å². The van der Waals surface area contributed by atoms with Crippen molar-refractivity contribution >= 4 is 11.0 Å². The third-order valence-electron chi connectivity index (χ3n) is 5.13. The van der Waals surface area contributed by atoms with Crippen molar-refractivity contribution in [1.29, 1.82) is 0 Å². The summed E-state index contributed by atoms with van der Waals surface area (Å²) in [6.45, 7) is 4.14. The first-order valence-corrected chi connectivity index (χ1v) is 10.0. The van der Waals surface area contributed by atoms with Crippen LogP contribution in [0.4, 0.5) is 0 Å². The highest BCUT2D eigenvalue weighted by molar-refractivity contribution is 5.75. The van der Waals surface area contributed by atoms with Gasteiger partial charge >= 0.3 is 0 Å². The summed E-state index contributed by atoms with van der Waals surface area (Å²) in [5.74, 6) is 1.32. The molecule has 3 heterocycles. The number of rotatable bonds is 5. The maximum atomic E-state index is 13.0. The molecule has 5 rings (SSSR count). The number of nitrogens with zero attached hydrogens (tertiary/aromatic N) is 6. The Morgan fingerprint density at radius 2 is 1.88 bits per heavy atom. The summed E-state index contributed by atoms with van der Waals surface area (Å²) in [7, 11) is 1.58. The van der Waals surface area contributed by atoms with E-state index in [1.54, 1.807) is 11.8 Å². The fourth-order valence-electron chi connectivity index (χ4n) is 3.73. The Hall–Kier alpha value is -4.27. The van der Waals surface area contributed by atoms with E-state index in [-0.39, 0.29) is 18.0 Å². The molecule has 32 heavy (non-hydrogen) atoms. The normalized spacial score (nSPS) is 11.2. The molecular formula is C23H20N6O3. The molecular weight excluding hydrogens is 408 g/mol. The van der Waals surface area contributed by atoms with E-state index in [4.69, 9.17) is 9.26 Å². The lowest BCUT2D eigenvalue weighted by Gasteiger charge is -2.07. The minimum Gasteiger partial charge on any atom is -0.496 e. The summed E-state index contributed by atoms with van der Waals surface area (Å²) in [6, 6.07) is 13.5. The fourth-order valence-corrected chi connectivity index (χ4v) is 3.73. The van der Waals surface area contributed by atoms with E-state index in [0.717, 1.165) is 16.8 Å².